The van der Waals surface area contributed by atoms with Gasteiger partial charge in [-0.3, -0.25) is 4.79 Å². The maximum absolute atomic E-state index is 11.6. The average Bonchev–Trinajstić information content (AvgIpc) is 2.39. The predicted molar refractivity (Wildman–Crippen MR) is 79.9 cm³/mol. The van der Waals surface area contributed by atoms with Gasteiger partial charge in [0.25, 0.3) is 0 Å². The van der Waals surface area contributed by atoms with Crippen molar-refractivity contribution in [1.29, 1.82) is 0 Å². The van der Waals surface area contributed by atoms with Crippen LogP contribution in [0.25, 0.3) is 0 Å². The lowest BCUT2D eigenvalue weighted by molar-refractivity contribution is -0.142. The van der Waals surface area contributed by atoms with Gasteiger partial charge in [-0.15, -0.1) is 0 Å². The monoisotopic (exact) mass is 328 g/mol. The van der Waals surface area contributed by atoms with Crippen LogP contribution in [0.1, 0.15) is 32.8 Å². The van der Waals surface area contributed by atoms with Gasteiger partial charge in [0.05, 0.1) is 12.7 Å². The standard InChI is InChI=1S/C15H21BrO3/c1-4-11(3)19-13-8-6-7-12(9-13)10-14(16)15(17)18-5-2/h6-9,11,14H,4-5,10H2,1-3H3. The van der Waals surface area contributed by atoms with E-state index < -0.39 is 0 Å². The Morgan fingerprint density at radius 2 is 2.11 bits per heavy atom. The lowest BCUT2D eigenvalue weighted by Crippen LogP contribution is -2.19. The fraction of sp³-hybridized carbons (Fsp3) is 0.533. The molecule has 0 spiro atoms. The second-order valence-electron chi connectivity index (χ2n) is 4.41. The van der Waals surface area contributed by atoms with E-state index in [9.17, 15) is 4.79 Å². The Hall–Kier alpha value is -1.03. The summed E-state index contributed by atoms with van der Waals surface area (Å²) in [4.78, 5) is 11.2. The number of hydrogen-bond acceptors (Lipinski definition) is 3. The Bertz CT molecular complexity index is 406. The summed E-state index contributed by atoms with van der Waals surface area (Å²) in [6.07, 6.45) is 1.75. The highest BCUT2D eigenvalue weighted by Crippen LogP contribution is 2.19. The van der Waals surface area contributed by atoms with Crippen molar-refractivity contribution in [1.82, 2.24) is 0 Å². The van der Waals surface area contributed by atoms with Crippen molar-refractivity contribution in [2.24, 2.45) is 0 Å². The zero-order valence-electron chi connectivity index (χ0n) is 11.7. The van der Waals surface area contributed by atoms with Gasteiger partial charge in [0.1, 0.15) is 10.6 Å². The molecule has 1 rings (SSSR count). The van der Waals surface area contributed by atoms with Gasteiger partial charge in [-0.1, -0.05) is 35.0 Å². The van der Waals surface area contributed by atoms with Gasteiger partial charge < -0.3 is 9.47 Å². The van der Waals surface area contributed by atoms with Crippen molar-refractivity contribution < 1.29 is 14.3 Å². The molecular weight excluding hydrogens is 308 g/mol. The summed E-state index contributed by atoms with van der Waals surface area (Å²) in [6, 6.07) is 7.83. The maximum Gasteiger partial charge on any atom is 0.320 e. The summed E-state index contributed by atoms with van der Waals surface area (Å²) >= 11 is 3.35. The largest absolute Gasteiger partial charge is 0.491 e. The number of hydrogen-bond donors (Lipinski definition) is 0. The quantitative estimate of drug-likeness (QED) is 0.565. The Morgan fingerprint density at radius 3 is 2.74 bits per heavy atom. The van der Waals surface area contributed by atoms with Crippen LogP contribution in [0.15, 0.2) is 24.3 Å². The number of halogens is 1. The van der Waals surface area contributed by atoms with Crippen LogP contribution in [0.2, 0.25) is 0 Å². The average molecular weight is 329 g/mol. The summed E-state index contributed by atoms with van der Waals surface area (Å²) in [5.41, 5.74) is 1.05. The number of esters is 1. The highest BCUT2D eigenvalue weighted by molar-refractivity contribution is 9.10. The number of carbonyl (C=O) groups excluding carboxylic acids is 1. The molecule has 19 heavy (non-hydrogen) atoms. The van der Waals surface area contributed by atoms with Crippen LogP contribution < -0.4 is 4.74 Å². The van der Waals surface area contributed by atoms with Gasteiger partial charge in [-0.2, -0.15) is 0 Å². The molecule has 1 aromatic rings. The first kappa shape index (κ1) is 16.0. The summed E-state index contributed by atoms with van der Waals surface area (Å²) in [5.74, 6) is 0.617. The summed E-state index contributed by atoms with van der Waals surface area (Å²) < 4.78 is 10.7. The molecule has 0 N–H and O–H groups in total. The topological polar surface area (TPSA) is 35.5 Å². The molecule has 4 heteroatoms. The van der Waals surface area contributed by atoms with E-state index in [1.165, 1.54) is 0 Å². The van der Waals surface area contributed by atoms with Crippen molar-refractivity contribution in [2.75, 3.05) is 6.61 Å². The third-order valence-corrected chi connectivity index (χ3v) is 3.47. The van der Waals surface area contributed by atoms with Gasteiger partial charge in [0.15, 0.2) is 0 Å². The lowest BCUT2D eigenvalue weighted by atomic mass is 10.1. The van der Waals surface area contributed by atoms with Gasteiger partial charge in [0, 0.05) is 0 Å². The summed E-state index contributed by atoms with van der Waals surface area (Å²) in [5, 5.41) is 0. The molecule has 0 saturated heterocycles. The molecule has 0 aliphatic heterocycles. The van der Waals surface area contributed by atoms with Crippen LogP contribution in [-0.4, -0.2) is 23.5 Å². The Balaban J connectivity index is 2.63. The first-order valence-electron chi connectivity index (χ1n) is 6.63. The van der Waals surface area contributed by atoms with Crippen molar-refractivity contribution in [2.45, 2.75) is 44.5 Å². The molecule has 0 aliphatic rings. The fourth-order valence-corrected chi connectivity index (χ4v) is 2.09. The van der Waals surface area contributed by atoms with Crippen LogP contribution in [0, 0.1) is 0 Å². The van der Waals surface area contributed by atoms with Crippen LogP contribution >= 0.6 is 15.9 Å². The number of rotatable bonds is 7. The predicted octanol–water partition coefficient (Wildman–Crippen LogP) is 3.73. The minimum absolute atomic E-state index is 0.195. The molecule has 2 unspecified atom stereocenters. The van der Waals surface area contributed by atoms with E-state index in [1.54, 1.807) is 6.92 Å². The van der Waals surface area contributed by atoms with E-state index in [-0.39, 0.29) is 16.9 Å². The van der Waals surface area contributed by atoms with Gasteiger partial charge in [-0.05, 0) is 44.4 Å². The molecule has 0 aliphatic carbocycles. The number of benzene rings is 1. The van der Waals surface area contributed by atoms with Gasteiger partial charge in [0.2, 0.25) is 0 Å². The minimum Gasteiger partial charge on any atom is -0.491 e. The van der Waals surface area contributed by atoms with Gasteiger partial charge >= 0.3 is 5.97 Å². The molecule has 0 bridgehead atoms. The molecule has 0 amide bonds. The maximum atomic E-state index is 11.6. The SMILES string of the molecule is CCOC(=O)C(Br)Cc1cccc(OC(C)CC)c1. The second-order valence-corrected chi connectivity index (χ2v) is 5.51. The Labute approximate surface area is 123 Å². The van der Waals surface area contributed by atoms with Crippen molar-refractivity contribution >= 4 is 21.9 Å². The Morgan fingerprint density at radius 1 is 1.37 bits per heavy atom. The lowest BCUT2D eigenvalue weighted by Gasteiger charge is -2.14. The molecule has 0 radical (unpaired) electrons. The van der Waals surface area contributed by atoms with Crippen LogP contribution in [0.4, 0.5) is 0 Å². The van der Waals surface area contributed by atoms with Crippen molar-refractivity contribution in [3.8, 4) is 5.75 Å². The van der Waals surface area contributed by atoms with E-state index in [4.69, 9.17) is 9.47 Å². The molecule has 106 valence electrons. The van der Waals surface area contributed by atoms with E-state index >= 15 is 0 Å². The molecule has 0 saturated carbocycles. The zero-order chi connectivity index (χ0) is 14.3. The van der Waals surface area contributed by atoms with E-state index in [2.05, 4.69) is 22.9 Å². The minimum atomic E-state index is -0.314. The zero-order valence-corrected chi connectivity index (χ0v) is 13.3. The summed E-state index contributed by atoms with van der Waals surface area (Å²) in [6.45, 7) is 6.33. The third-order valence-electron chi connectivity index (χ3n) is 2.77. The van der Waals surface area contributed by atoms with E-state index in [0.29, 0.717) is 13.0 Å². The fourth-order valence-electron chi connectivity index (χ4n) is 1.58. The normalized spacial score (nSPS) is 13.7. The number of ether oxygens (including phenoxy) is 2. The molecule has 1 aromatic carbocycles. The highest BCUT2D eigenvalue weighted by atomic mass is 79.9. The molecular formula is C15H21BrO3. The molecule has 0 fully saturated rings. The van der Waals surface area contributed by atoms with Crippen molar-refractivity contribution in [3.63, 3.8) is 0 Å². The van der Waals surface area contributed by atoms with Crippen molar-refractivity contribution in [3.05, 3.63) is 29.8 Å². The second kappa shape index (κ2) is 8.20. The molecule has 3 nitrogen and oxygen atoms in total. The Kier molecular flexibility index (Phi) is 6.92. The third kappa shape index (κ3) is 5.64. The number of carbonyl (C=O) groups is 1. The molecule has 0 aromatic heterocycles. The number of alkyl halides is 1. The molecule has 2 atom stereocenters. The van der Waals surface area contributed by atoms with E-state index in [1.807, 2.05) is 31.2 Å². The highest BCUT2D eigenvalue weighted by Gasteiger charge is 2.16. The first-order chi connectivity index (χ1) is 9.06. The van der Waals surface area contributed by atoms with E-state index in [0.717, 1.165) is 17.7 Å². The van der Waals surface area contributed by atoms with Crippen LogP contribution in [0.3, 0.4) is 0 Å². The first-order valence-corrected chi connectivity index (χ1v) is 7.54. The van der Waals surface area contributed by atoms with Gasteiger partial charge in [-0.25, -0.2) is 0 Å². The van der Waals surface area contributed by atoms with Crippen LogP contribution in [-0.2, 0) is 16.0 Å². The summed E-state index contributed by atoms with van der Waals surface area (Å²) in [7, 11) is 0. The smallest absolute Gasteiger partial charge is 0.320 e. The molecule has 0 heterocycles. The van der Waals surface area contributed by atoms with Crippen LogP contribution in [0.5, 0.6) is 5.75 Å².